The lowest BCUT2D eigenvalue weighted by molar-refractivity contribution is -0.138. The smallest absolute Gasteiger partial charge is 0.303 e. The summed E-state index contributed by atoms with van der Waals surface area (Å²) in [6.07, 6.45) is 2.73. The molecule has 0 aromatic heterocycles. The average Bonchev–Trinajstić information content (AvgIpc) is 2.52. The summed E-state index contributed by atoms with van der Waals surface area (Å²) in [6, 6.07) is 7.42. The molecule has 1 amide bonds. The van der Waals surface area contributed by atoms with Gasteiger partial charge in [-0.2, -0.15) is 0 Å². The maximum atomic E-state index is 13.0. The molecule has 1 aromatic carbocycles. The molecule has 2 rings (SSSR count). The lowest BCUT2D eigenvalue weighted by Gasteiger charge is -2.38. The Balaban J connectivity index is 2.07. The Morgan fingerprint density at radius 3 is 2.78 bits per heavy atom. The van der Waals surface area contributed by atoms with Gasteiger partial charge >= 0.3 is 5.97 Å². The van der Waals surface area contributed by atoms with Gasteiger partial charge in [0.05, 0.1) is 5.41 Å². The molecule has 1 atom stereocenters. The molecule has 0 bridgehead atoms. The molecular weight excluding hydrogens is 314 g/mol. The summed E-state index contributed by atoms with van der Waals surface area (Å²) in [5.74, 6) is -0.411. The van der Waals surface area contributed by atoms with E-state index in [0.717, 1.165) is 24.9 Å². The van der Waals surface area contributed by atoms with E-state index in [2.05, 4.69) is 0 Å². The largest absolute Gasteiger partial charge is 0.481 e. The molecule has 23 heavy (non-hydrogen) atoms. The van der Waals surface area contributed by atoms with E-state index in [1.807, 2.05) is 36.9 Å². The van der Waals surface area contributed by atoms with Crippen LogP contribution in [-0.4, -0.2) is 35.0 Å². The second-order valence-electron chi connectivity index (χ2n) is 6.83. The van der Waals surface area contributed by atoms with Crippen molar-refractivity contribution in [2.24, 2.45) is 5.92 Å². The van der Waals surface area contributed by atoms with Gasteiger partial charge in [0.2, 0.25) is 5.91 Å². The Kier molecular flexibility index (Phi) is 5.69. The van der Waals surface area contributed by atoms with Crippen molar-refractivity contribution < 1.29 is 14.7 Å². The lowest BCUT2D eigenvalue weighted by atomic mass is 9.82. The van der Waals surface area contributed by atoms with Gasteiger partial charge in [0, 0.05) is 24.5 Å². The third-order valence-corrected chi connectivity index (χ3v) is 4.89. The zero-order valence-electron chi connectivity index (χ0n) is 13.7. The van der Waals surface area contributed by atoms with E-state index in [4.69, 9.17) is 16.7 Å². The Morgan fingerprint density at radius 2 is 2.13 bits per heavy atom. The fourth-order valence-corrected chi connectivity index (χ4v) is 3.40. The molecular formula is C18H24ClNO3. The summed E-state index contributed by atoms with van der Waals surface area (Å²) in [4.78, 5) is 25.6. The molecule has 1 fully saturated rings. The van der Waals surface area contributed by atoms with Gasteiger partial charge in [0.15, 0.2) is 0 Å². The van der Waals surface area contributed by atoms with Crippen molar-refractivity contribution in [3.05, 3.63) is 34.9 Å². The summed E-state index contributed by atoms with van der Waals surface area (Å²) in [5.41, 5.74) is 0.266. The number of nitrogens with zero attached hydrogens (tertiary/aromatic N) is 1. The number of rotatable bonds is 5. The molecule has 1 N–H and O–H groups in total. The van der Waals surface area contributed by atoms with Crippen molar-refractivity contribution >= 4 is 23.5 Å². The highest BCUT2D eigenvalue weighted by atomic mass is 35.5. The number of halogens is 1. The van der Waals surface area contributed by atoms with E-state index in [-0.39, 0.29) is 18.2 Å². The summed E-state index contributed by atoms with van der Waals surface area (Å²) < 4.78 is 0. The zero-order chi connectivity index (χ0) is 17.0. The number of piperidine rings is 1. The predicted molar refractivity (Wildman–Crippen MR) is 90.7 cm³/mol. The summed E-state index contributed by atoms with van der Waals surface area (Å²) in [7, 11) is 0. The van der Waals surface area contributed by atoms with Gasteiger partial charge in [-0.1, -0.05) is 23.7 Å². The van der Waals surface area contributed by atoms with Crippen molar-refractivity contribution in [2.75, 3.05) is 13.1 Å². The van der Waals surface area contributed by atoms with E-state index in [1.54, 1.807) is 6.07 Å². The van der Waals surface area contributed by atoms with Gasteiger partial charge in [-0.25, -0.2) is 0 Å². The first-order valence-corrected chi connectivity index (χ1v) is 8.45. The Bertz CT molecular complexity index is 585. The number of aliphatic carboxylic acids is 1. The van der Waals surface area contributed by atoms with E-state index >= 15 is 0 Å². The van der Waals surface area contributed by atoms with Crippen LogP contribution in [-0.2, 0) is 15.0 Å². The van der Waals surface area contributed by atoms with Gasteiger partial charge in [-0.15, -0.1) is 0 Å². The van der Waals surface area contributed by atoms with Gasteiger partial charge in [-0.05, 0) is 56.7 Å². The van der Waals surface area contributed by atoms with Crippen LogP contribution in [0.5, 0.6) is 0 Å². The SMILES string of the molecule is CC(C)(C(=O)N1CCCC(CCC(=O)O)C1)c1cccc(Cl)c1. The van der Waals surface area contributed by atoms with Crippen LogP contribution >= 0.6 is 11.6 Å². The fraction of sp³-hybridized carbons (Fsp3) is 0.556. The normalized spacial score (nSPS) is 18.7. The van der Waals surface area contributed by atoms with E-state index in [1.165, 1.54) is 0 Å². The molecule has 126 valence electrons. The number of carbonyl (C=O) groups is 2. The maximum absolute atomic E-state index is 13.0. The molecule has 1 aliphatic rings. The zero-order valence-corrected chi connectivity index (χ0v) is 14.5. The molecule has 0 saturated carbocycles. The topological polar surface area (TPSA) is 57.6 Å². The van der Waals surface area contributed by atoms with E-state index in [0.29, 0.717) is 18.0 Å². The highest BCUT2D eigenvalue weighted by Gasteiger charge is 2.36. The van der Waals surface area contributed by atoms with Gasteiger partial charge in [0.1, 0.15) is 0 Å². The number of hydrogen-bond donors (Lipinski definition) is 1. The van der Waals surface area contributed by atoms with Crippen molar-refractivity contribution in [1.29, 1.82) is 0 Å². The quantitative estimate of drug-likeness (QED) is 0.890. The molecule has 1 heterocycles. The Morgan fingerprint density at radius 1 is 1.39 bits per heavy atom. The van der Waals surface area contributed by atoms with Crippen LogP contribution in [0.15, 0.2) is 24.3 Å². The monoisotopic (exact) mass is 337 g/mol. The molecule has 0 radical (unpaired) electrons. The standard InChI is InChI=1S/C18H24ClNO3/c1-18(2,14-6-3-7-15(19)11-14)17(23)20-10-4-5-13(12-20)8-9-16(21)22/h3,6-7,11,13H,4-5,8-10,12H2,1-2H3,(H,21,22). The first-order valence-electron chi connectivity index (χ1n) is 8.08. The molecule has 0 aliphatic carbocycles. The molecule has 1 saturated heterocycles. The summed E-state index contributed by atoms with van der Waals surface area (Å²) in [6.45, 7) is 5.23. The third kappa shape index (κ3) is 4.47. The Labute approximate surface area is 142 Å². The van der Waals surface area contributed by atoms with Crippen LogP contribution in [0.3, 0.4) is 0 Å². The van der Waals surface area contributed by atoms with Crippen molar-refractivity contribution in [3.63, 3.8) is 0 Å². The number of carboxylic acids is 1. The third-order valence-electron chi connectivity index (χ3n) is 4.65. The van der Waals surface area contributed by atoms with E-state index < -0.39 is 11.4 Å². The van der Waals surface area contributed by atoms with Crippen molar-refractivity contribution in [1.82, 2.24) is 4.90 Å². The van der Waals surface area contributed by atoms with Crippen LogP contribution in [0.2, 0.25) is 5.02 Å². The molecule has 1 unspecified atom stereocenters. The molecule has 1 aliphatic heterocycles. The highest BCUT2D eigenvalue weighted by Crippen LogP contribution is 2.30. The number of carbonyl (C=O) groups excluding carboxylic acids is 1. The minimum Gasteiger partial charge on any atom is -0.481 e. The van der Waals surface area contributed by atoms with Crippen molar-refractivity contribution in [3.8, 4) is 0 Å². The highest BCUT2D eigenvalue weighted by molar-refractivity contribution is 6.30. The van der Waals surface area contributed by atoms with Crippen LogP contribution in [0.4, 0.5) is 0 Å². The second kappa shape index (κ2) is 7.35. The fourth-order valence-electron chi connectivity index (χ4n) is 3.21. The summed E-state index contributed by atoms with van der Waals surface area (Å²) >= 11 is 6.05. The molecule has 5 heteroatoms. The molecule has 0 spiro atoms. The van der Waals surface area contributed by atoms with Crippen LogP contribution in [0, 0.1) is 5.92 Å². The number of hydrogen-bond acceptors (Lipinski definition) is 2. The minimum atomic E-state index is -0.771. The number of carboxylic acid groups (broad SMARTS) is 1. The van der Waals surface area contributed by atoms with Crippen LogP contribution in [0.25, 0.3) is 0 Å². The van der Waals surface area contributed by atoms with Gasteiger partial charge in [0.25, 0.3) is 0 Å². The minimum absolute atomic E-state index is 0.0831. The average molecular weight is 338 g/mol. The summed E-state index contributed by atoms with van der Waals surface area (Å²) in [5, 5.41) is 9.46. The maximum Gasteiger partial charge on any atom is 0.303 e. The first-order chi connectivity index (χ1) is 10.8. The first kappa shape index (κ1) is 17.8. The molecule has 1 aromatic rings. The number of benzene rings is 1. The number of likely N-dealkylation sites (tertiary alicyclic amines) is 1. The predicted octanol–water partition coefficient (Wildman–Crippen LogP) is 3.72. The number of amides is 1. The Hall–Kier alpha value is -1.55. The van der Waals surface area contributed by atoms with Gasteiger partial charge in [-0.3, -0.25) is 9.59 Å². The van der Waals surface area contributed by atoms with Crippen molar-refractivity contribution in [2.45, 2.75) is 44.9 Å². The van der Waals surface area contributed by atoms with E-state index in [9.17, 15) is 9.59 Å². The second-order valence-corrected chi connectivity index (χ2v) is 7.26. The molecule has 4 nitrogen and oxygen atoms in total. The van der Waals surface area contributed by atoms with Crippen LogP contribution in [0.1, 0.15) is 45.1 Å². The van der Waals surface area contributed by atoms with Crippen LogP contribution < -0.4 is 0 Å². The van der Waals surface area contributed by atoms with Gasteiger partial charge < -0.3 is 10.0 Å². The lowest BCUT2D eigenvalue weighted by Crippen LogP contribution is -2.48.